The van der Waals surface area contributed by atoms with Crippen molar-refractivity contribution in [3.05, 3.63) is 55.7 Å². The van der Waals surface area contributed by atoms with Crippen LogP contribution in [0.5, 0.6) is 0 Å². The highest BCUT2D eigenvalue weighted by Crippen LogP contribution is 2.34. The van der Waals surface area contributed by atoms with E-state index in [1.165, 1.54) is 16.3 Å². The molecule has 0 aliphatic rings. The van der Waals surface area contributed by atoms with Crippen LogP contribution in [-0.2, 0) is 24.9 Å². The minimum atomic E-state index is -5.08. The third kappa shape index (κ3) is 7.54. The summed E-state index contributed by atoms with van der Waals surface area (Å²) in [5, 5.41) is 7.82. The zero-order valence-electron chi connectivity index (χ0n) is 20.0. The number of alkyl halides is 6. The van der Waals surface area contributed by atoms with Gasteiger partial charge in [0, 0.05) is 23.4 Å². The van der Waals surface area contributed by atoms with Gasteiger partial charge in [-0.25, -0.2) is 14.6 Å². The lowest BCUT2D eigenvalue weighted by Gasteiger charge is -2.21. The lowest BCUT2D eigenvalue weighted by atomic mass is 10.2. The molecule has 0 aliphatic carbocycles. The van der Waals surface area contributed by atoms with Gasteiger partial charge >= 0.3 is 24.0 Å². The van der Waals surface area contributed by atoms with E-state index < -0.39 is 40.9 Å². The summed E-state index contributed by atoms with van der Waals surface area (Å²) in [7, 11) is 1.14. The van der Waals surface area contributed by atoms with Gasteiger partial charge < -0.3 is 15.4 Å². The van der Waals surface area contributed by atoms with Crippen LogP contribution in [-0.4, -0.2) is 53.4 Å². The van der Waals surface area contributed by atoms with Gasteiger partial charge in [-0.1, -0.05) is 41.6 Å². The minimum absolute atomic E-state index is 0.0820. The average Bonchev–Trinajstić information content (AvgIpc) is 3.13. The van der Waals surface area contributed by atoms with Crippen LogP contribution < -0.4 is 17.0 Å². The summed E-state index contributed by atoms with van der Waals surface area (Å²) in [4.78, 5) is 38.6. The second-order valence-electron chi connectivity index (χ2n) is 8.46. The number of imidazole rings is 1. The fourth-order valence-electron chi connectivity index (χ4n) is 2.97. The second kappa shape index (κ2) is 11.4. The number of hydrogen-bond donors (Lipinski definition) is 2. The molecule has 210 valence electrons. The maximum Gasteiger partial charge on any atom is 0.490 e. The van der Waals surface area contributed by atoms with Crippen LogP contribution in [0.4, 0.5) is 26.3 Å². The first kappa shape index (κ1) is 31.2. The number of rotatable bonds is 6. The van der Waals surface area contributed by atoms with Crippen LogP contribution in [0, 0.1) is 0 Å². The fourth-order valence-corrected chi connectivity index (χ4v) is 4.14. The van der Waals surface area contributed by atoms with Gasteiger partial charge in [0.05, 0.1) is 6.54 Å². The third-order valence-corrected chi connectivity index (χ3v) is 6.50. The fraction of sp³-hybridized carbons (Fsp3) is 0.429. The molecule has 3 rings (SSSR count). The van der Waals surface area contributed by atoms with Crippen LogP contribution in [0.15, 0.2) is 39.0 Å². The molecular weight excluding hydrogens is 568 g/mol. The van der Waals surface area contributed by atoms with E-state index in [9.17, 15) is 35.9 Å². The van der Waals surface area contributed by atoms with Gasteiger partial charge in [0.25, 0.3) is 5.56 Å². The Labute approximate surface area is 219 Å². The van der Waals surface area contributed by atoms with Gasteiger partial charge in [-0.2, -0.15) is 26.3 Å². The Bertz CT molecular complexity index is 1450. The topological polar surface area (TPSA) is 125 Å². The first-order valence-electron chi connectivity index (χ1n) is 10.5. The normalized spacial score (nSPS) is 12.4. The van der Waals surface area contributed by atoms with Crippen molar-refractivity contribution in [1.82, 2.24) is 18.7 Å². The molecule has 3 aromatic rings. The number of aliphatic carboxylic acids is 1. The number of thioether (sulfide) groups is 1. The summed E-state index contributed by atoms with van der Waals surface area (Å²) in [6, 6.07) is 6.91. The van der Waals surface area contributed by atoms with E-state index in [2.05, 4.69) is 4.98 Å². The van der Waals surface area contributed by atoms with E-state index in [1.807, 2.05) is 13.8 Å². The molecule has 0 unspecified atom stereocenters. The number of carboxylic acids is 1. The third-order valence-electron chi connectivity index (χ3n) is 4.92. The Kier molecular flexibility index (Phi) is 9.38. The molecule has 17 heteroatoms. The van der Waals surface area contributed by atoms with Crippen molar-refractivity contribution >= 4 is 40.5 Å². The van der Waals surface area contributed by atoms with E-state index in [-0.39, 0.29) is 29.4 Å². The molecule has 2 aromatic heterocycles. The number of nitrogens with two attached hydrogens (primary N) is 1. The Balaban J connectivity index is 0.000000638. The van der Waals surface area contributed by atoms with Crippen LogP contribution in [0.3, 0.4) is 0 Å². The lowest BCUT2D eigenvalue weighted by molar-refractivity contribution is -0.192. The Morgan fingerprint density at radius 1 is 1.11 bits per heavy atom. The molecule has 0 fully saturated rings. The molecule has 0 saturated carbocycles. The molecule has 38 heavy (non-hydrogen) atoms. The van der Waals surface area contributed by atoms with E-state index in [0.29, 0.717) is 19.7 Å². The predicted molar refractivity (Wildman–Crippen MR) is 129 cm³/mol. The maximum absolute atomic E-state index is 13.2. The first-order chi connectivity index (χ1) is 17.3. The molecule has 0 bridgehead atoms. The quantitative estimate of drug-likeness (QED) is 0.332. The molecule has 3 N–H and O–H groups in total. The molecule has 0 aliphatic heterocycles. The van der Waals surface area contributed by atoms with E-state index in [0.717, 1.165) is 7.05 Å². The standard InChI is InChI=1S/C19H21ClF3N5O2S.C2HF3O2/c1-18(2,9-24)31-16-25-14-13(27(16)8-11-6-4-5-7-12(11)20)15(29)26(3)17(30)28(14)10-19(21,22)23;3-2(4,5)1(6)7/h4-7H,8-10,24H2,1-3H3;(H,6,7). The van der Waals surface area contributed by atoms with Gasteiger partial charge in [-0.15, -0.1) is 0 Å². The Morgan fingerprint density at radius 2 is 1.66 bits per heavy atom. The van der Waals surface area contributed by atoms with Crippen LogP contribution in [0.2, 0.25) is 5.02 Å². The average molecular weight is 590 g/mol. The zero-order chi connectivity index (χ0) is 29.2. The second-order valence-corrected chi connectivity index (χ2v) is 10.5. The number of benzene rings is 1. The summed E-state index contributed by atoms with van der Waals surface area (Å²) < 4.78 is 73.4. The van der Waals surface area contributed by atoms with Crippen LogP contribution in [0.1, 0.15) is 19.4 Å². The van der Waals surface area contributed by atoms with Gasteiger partial charge in [0.2, 0.25) is 0 Å². The highest BCUT2D eigenvalue weighted by atomic mass is 35.5. The Hall–Kier alpha value is -2.98. The van der Waals surface area contributed by atoms with Crippen molar-refractivity contribution in [3.8, 4) is 0 Å². The summed E-state index contributed by atoms with van der Waals surface area (Å²) in [5.41, 5.74) is 4.20. The zero-order valence-corrected chi connectivity index (χ0v) is 21.6. The van der Waals surface area contributed by atoms with Crippen molar-refractivity contribution < 1.29 is 36.2 Å². The molecule has 0 amide bonds. The van der Waals surface area contributed by atoms with Gasteiger partial charge in [-0.3, -0.25) is 13.9 Å². The summed E-state index contributed by atoms with van der Waals surface area (Å²) in [6.07, 6.45) is -9.76. The number of halogens is 7. The molecule has 1 aromatic carbocycles. The van der Waals surface area contributed by atoms with Gasteiger partial charge in [-0.05, 0) is 25.5 Å². The van der Waals surface area contributed by atoms with Crippen molar-refractivity contribution in [2.45, 2.75) is 49.2 Å². The summed E-state index contributed by atoms with van der Waals surface area (Å²) in [6.45, 7) is 2.46. The van der Waals surface area contributed by atoms with Gasteiger partial charge in [0.15, 0.2) is 16.3 Å². The number of carboxylic acid groups (broad SMARTS) is 1. The number of hydrogen-bond acceptors (Lipinski definition) is 6. The lowest BCUT2D eigenvalue weighted by Crippen LogP contribution is -2.41. The highest BCUT2D eigenvalue weighted by Gasteiger charge is 2.38. The largest absolute Gasteiger partial charge is 0.490 e. The number of nitrogens with zero attached hydrogens (tertiary/aromatic N) is 4. The summed E-state index contributed by atoms with van der Waals surface area (Å²) >= 11 is 7.48. The predicted octanol–water partition coefficient (Wildman–Crippen LogP) is 3.62. The maximum atomic E-state index is 13.2. The smallest absolute Gasteiger partial charge is 0.475 e. The minimum Gasteiger partial charge on any atom is -0.475 e. The van der Waals surface area contributed by atoms with Crippen molar-refractivity contribution in [2.75, 3.05) is 6.54 Å². The van der Waals surface area contributed by atoms with Crippen molar-refractivity contribution in [2.24, 2.45) is 12.8 Å². The summed E-state index contributed by atoms with van der Waals surface area (Å²) in [5.74, 6) is -2.76. The molecule has 0 spiro atoms. The van der Waals surface area contributed by atoms with Gasteiger partial charge in [0.1, 0.15) is 6.54 Å². The molecular formula is C21H22ClF6N5O4S. The van der Waals surface area contributed by atoms with E-state index >= 15 is 0 Å². The highest BCUT2D eigenvalue weighted by molar-refractivity contribution is 8.00. The SMILES string of the molecule is Cn1c(=O)c2c(nc(SC(C)(C)CN)n2Cc2ccccc2Cl)n(CC(F)(F)F)c1=O.O=C(O)C(F)(F)F. The molecule has 2 heterocycles. The van der Waals surface area contributed by atoms with E-state index in [1.54, 1.807) is 24.3 Å². The monoisotopic (exact) mass is 589 g/mol. The van der Waals surface area contributed by atoms with Crippen LogP contribution >= 0.6 is 23.4 Å². The molecule has 0 radical (unpaired) electrons. The molecule has 0 saturated heterocycles. The van der Waals surface area contributed by atoms with Crippen molar-refractivity contribution in [1.29, 1.82) is 0 Å². The number of aromatic nitrogens is 4. The molecule has 0 atom stereocenters. The number of fused-ring (bicyclic) bond motifs is 1. The Morgan fingerprint density at radius 3 is 2.13 bits per heavy atom. The number of carbonyl (C=O) groups is 1. The molecule has 9 nitrogen and oxygen atoms in total. The van der Waals surface area contributed by atoms with Crippen LogP contribution in [0.25, 0.3) is 11.2 Å². The van der Waals surface area contributed by atoms with Crippen molar-refractivity contribution in [3.63, 3.8) is 0 Å². The van der Waals surface area contributed by atoms with E-state index in [4.69, 9.17) is 27.2 Å². The first-order valence-corrected chi connectivity index (χ1v) is 11.7.